The number of nitrogens with zero attached hydrogens (tertiary/aromatic N) is 2. The van der Waals surface area contributed by atoms with Gasteiger partial charge in [0.2, 0.25) is 5.91 Å². The van der Waals surface area contributed by atoms with E-state index in [0.717, 1.165) is 31.5 Å². The molecule has 0 unspecified atom stereocenters. The van der Waals surface area contributed by atoms with Crippen LogP contribution in [0.2, 0.25) is 0 Å². The first-order chi connectivity index (χ1) is 11.2. The van der Waals surface area contributed by atoms with E-state index in [9.17, 15) is 4.79 Å². The highest BCUT2D eigenvalue weighted by atomic mass is 35.5. The number of benzene rings is 1. The van der Waals surface area contributed by atoms with Gasteiger partial charge in [0.15, 0.2) is 0 Å². The normalized spacial score (nSPS) is 20.2. The average Bonchev–Trinajstić information content (AvgIpc) is 3.06. The molecule has 2 aromatic rings. The minimum Gasteiger partial charge on any atom is -0.352 e. The van der Waals surface area contributed by atoms with Gasteiger partial charge in [0.1, 0.15) is 0 Å². The highest BCUT2D eigenvalue weighted by Gasteiger charge is 2.24. The van der Waals surface area contributed by atoms with Gasteiger partial charge in [-0.25, -0.2) is 0 Å². The minimum atomic E-state index is 0. The molecule has 1 saturated heterocycles. The number of carbonyl (C=O) groups is 1. The topological polar surface area (TPSA) is 59.0 Å². The Labute approximate surface area is 149 Å². The van der Waals surface area contributed by atoms with Crippen LogP contribution in [-0.2, 0) is 17.9 Å². The molecule has 130 valence electrons. The first-order valence-electron chi connectivity index (χ1n) is 8.27. The summed E-state index contributed by atoms with van der Waals surface area (Å²) in [6, 6.07) is 10.7. The summed E-state index contributed by atoms with van der Waals surface area (Å²) in [5.41, 5.74) is 2.32. The lowest BCUT2D eigenvalue weighted by molar-refractivity contribution is -0.126. The first kappa shape index (κ1) is 18.5. The molecule has 6 heteroatoms. The number of hydrogen-bond donors (Lipinski definition) is 2. The Kier molecular flexibility index (Phi) is 6.82. The number of rotatable bonds is 5. The van der Waals surface area contributed by atoms with Crippen molar-refractivity contribution in [3.8, 4) is 0 Å². The molecule has 0 spiro atoms. The summed E-state index contributed by atoms with van der Waals surface area (Å²) in [4.78, 5) is 12.3. The van der Waals surface area contributed by atoms with E-state index in [1.165, 1.54) is 5.56 Å². The minimum absolute atomic E-state index is 0. The molecule has 1 aromatic heterocycles. The molecule has 24 heavy (non-hydrogen) atoms. The van der Waals surface area contributed by atoms with E-state index < -0.39 is 0 Å². The number of piperidine rings is 1. The average molecular weight is 349 g/mol. The lowest BCUT2D eigenvalue weighted by Crippen LogP contribution is -2.42. The van der Waals surface area contributed by atoms with Gasteiger partial charge >= 0.3 is 0 Å². The Morgan fingerprint density at radius 2 is 2.21 bits per heavy atom. The van der Waals surface area contributed by atoms with E-state index in [-0.39, 0.29) is 24.2 Å². The lowest BCUT2D eigenvalue weighted by Gasteiger charge is -2.27. The molecule has 1 aromatic carbocycles. The number of hydrogen-bond acceptors (Lipinski definition) is 3. The maximum atomic E-state index is 12.3. The highest BCUT2D eigenvalue weighted by Crippen LogP contribution is 2.16. The van der Waals surface area contributed by atoms with Crippen LogP contribution in [0.5, 0.6) is 0 Å². The van der Waals surface area contributed by atoms with Crippen LogP contribution >= 0.6 is 12.4 Å². The van der Waals surface area contributed by atoms with Gasteiger partial charge < -0.3 is 10.6 Å². The molecule has 0 aliphatic carbocycles. The zero-order valence-electron chi connectivity index (χ0n) is 13.9. The molecular weight excluding hydrogens is 324 g/mol. The molecule has 1 fully saturated rings. The molecule has 1 amide bonds. The van der Waals surface area contributed by atoms with E-state index in [2.05, 4.69) is 40.9 Å². The van der Waals surface area contributed by atoms with E-state index in [0.29, 0.717) is 12.6 Å². The molecule has 0 radical (unpaired) electrons. The summed E-state index contributed by atoms with van der Waals surface area (Å²) >= 11 is 0. The Bertz CT molecular complexity index is 644. The fourth-order valence-electron chi connectivity index (χ4n) is 3.12. The number of halogens is 1. The van der Waals surface area contributed by atoms with E-state index >= 15 is 0 Å². The van der Waals surface area contributed by atoms with Crippen LogP contribution in [0.4, 0.5) is 0 Å². The molecule has 0 bridgehead atoms. The Hall–Kier alpha value is -1.85. The van der Waals surface area contributed by atoms with Crippen molar-refractivity contribution in [3.05, 3.63) is 53.9 Å². The molecule has 1 aliphatic rings. The van der Waals surface area contributed by atoms with Crippen molar-refractivity contribution in [2.24, 2.45) is 5.92 Å². The van der Waals surface area contributed by atoms with Crippen LogP contribution in [0.15, 0.2) is 42.7 Å². The smallest absolute Gasteiger partial charge is 0.223 e. The molecular formula is C18H25ClN4O. The van der Waals surface area contributed by atoms with Crippen molar-refractivity contribution in [2.75, 3.05) is 6.54 Å². The largest absolute Gasteiger partial charge is 0.352 e. The summed E-state index contributed by atoms with van der Waals surface area (Å²) < 4.78 is 1.90. The van der Waals surface area contributed by atoms with Gasteiger partial charge in [-0.3, -0.25) is 9.48 Å². The molecule has 3 rings (SSSR count). The zero-order valence-corrected chi connectivity index (χ0v) is 14.8. The molecule has 1 aliphatic heterocycles. The molecule has 2 heterocycles. The molecule has 2 N–H and O–H groups in total. The van der Waals surface area contributed by atoms with Crippen LogP contribution in [0, 0.1) is 5.92 Å². The summed E-state index contributed by atoms with van der Waals surface area (Å²) in [7, 11) is 0. The fourth-order valence-corrected chi connectivity index (χ4v) is 3.12. The van der Waals surface area contributed by atoms with Gasteiger partial charge in [0.25, 0.3) is 0 Å². The maximum Gasteiger partial charge on any atom is 0.223 e. The number of aromatic nitrogens is 2. The van der Waals surface area contributed by atoms with E-state index in [1.807, 2.05) is 23.0 Å². The summed E-state index contributed by atoms with van der Waals surface area (Å²) in [6.07, 6.45) is 5.58. The van der Waals surface area contributed by atoms with Gasteiger partial charge in [0, 0.05) is 30.9 Å². The summed E-state index contributed by atoms with van der Waals surface area (Å²) in [6.45, 7) is 4.40. The van der Waals surface area contributed by atoms with Crippen molar-refractivity contribution in [1.82, 2.24) is 20.4 Å². The summed E-state index contributed by atoms with van der Waals surface area (Å²) in [5, 5.41) is 10.7. The van der Waals surface area contributed by atoms with Gasteiger partial charge in [-0.1, -0.05) is 24.3 Å². The van der Waals surface area contributed by atoms with Gasteiger partial charge in [-0.15, -0.1) is 12.4 Å². The molecule has 0 saturated carbocycles. The quantitative estimate of drug-likeness (QED) is 0.872. The third-order valence-corrected chi connectivity index (χ3v) is 4.36. The lowest BCUT2D eigenvalue weighted by atomic mass is 9.92. The second kappa shape index (κ2) is 8.85. The third kappa shape index (κ3) is 5.08. The monoisotopic (exact) mass is 348 g/mol. The fraction of sp³-hybridized carbons (Fsp3) is 0.444. The van der Waals surface area contributed by atoms with Crippen LogP contribution in [-0.4, -0.2) is 28.3 Å². The van der Waals surface area contributed by atoms with Crippen LogP contribution in [0.3, 0.4) is 0 Å². The standard InChI is InChI=1S/C18H24N4O.ClH/c1-14-10-17(6-8-19-14)18(23)20-12-15-4-2-5-16(11-15)13-22-9-3-7-21-22;/h2-5,7,9,11,14,17,19H,6,8,10,12-13H2,1H3,(H,20,23);1H/t14-,17-;/m0./s1. The third-order valence-electron chi connectivity index (χ3n) is 4.36. The van der Waals surface area contributed by atoms with Crippen molar-refractivity contribution >= 4 is 18.3 Å². The second-order valence-electron chi connectivity index (χ2n) is 6.32. The van der Waals surface area contributed by atoms with Crippen LogP contribution in [0.25, 0.3) is 0 Å². The second-order valence-corrected chi connectivity index (χ2v) is 6.32. The number of amides is 1. The number of nitrogens with one attached hydrogen (secondary N) is 2. The SMILES string of the molecule is C[C@H]1C[C@@H](C(=O)NCc2cccc(Cn3cccn3)c2)CCN1.Cl. The molecule has 5 nitrogen and oxygen atoms in total. The van der Waals surface area contributed by atoms with Crippen molar-refractivity contribution in [3.63, 3.8) is 0 Å². The van der Waals surface area contributed by atoms with Crippen molar-refractivity contribution in [1.29, 1.82) is 0 Å². The van der Waals surface area contributed by atoms with Crippen molar-refractivity contribution in [2.45, 2.75) is 38.9 Å². The molecule has 2 atom stereocenters. The summed E-state index contributed by atoms with van der Waals surface area (Å²) in [5.74, 6) is 0.314. The zero-order chi connectivity index (χ0) is 16.1. The predicted molar refractivity (Wildman–Crippen MR) is 97.1 cm³/mol. The van der Waals surface area contributed by atoms with Crippen LogP contribution in [0.1, 0.15) is 30.9 Å². The number of carbonyl (C=O) groups excluding carboxylic acids is 1. The van der Waals surface area contributed by atoms with E-state index in [1.54, 1.807) is 6.20 Å². The van der Waals surface area contributed by atoms with Crippen molar-refractivity contribution < 1.29 is 4.79 Å². The maximum absolute atomic E-state index is 12.3. The highest BCUT2D eigenvalue weighted by molar-refractivity contribution is 5.85. The van der Waals surface area contributed by atoms with E-state index in [4.69, 9.17) is 0 Å². The first-order valence-corrected chi connectivity index (χ1v) is 8.27. The Morgan fingerprint density at radius 3 is 2.96 bits per heavy atom. The predicted octanol–water partition coefficient (Wildman–Crippen LogP) is 2.36. The Balaban J connectivity index is 0.00000208. The Morgan fingerprint density at radius 1 is 1.38 bits per heavy atom. The van der Waals surface area contributed by atoms with Crippen LogP contribution < -0.4 is 10.6 Å². The van der Waals surface area contributed by atoms with Gasteiger partial charge in [-0.05, 0) is 43.5 Å². The van der Waals surface area contributed by atoms with Gasteiger partial charge in [-0.2, -0.15) is 5.10 Å². The van der Waals surface area contributed by atoms with Gasteiger partial charge in [0.05, 0.1) is 6.54 Å².